The highest BCUT2D eigenvalue weighted by atomic mass is 16.5. The molecule has 2 aliphatic rings. The molecule has 0 aromatic carbocycles. The predicted molar refractivity (Wildman–Crippen MR) is 75.2 cm³/mol. The molecule has 2 saturated heterocycles. The lowest BCUT2D eigenvalue weighted by Gasteiger charge is -2.48. The summed E-state index contributed by atoms with van der Waals surface area (Å²) in [4.78, 5) is 6.85. The number of rotatable bonds is 4. The number of nitrogens with one attached hydrogen (secondary N) is 1. The Labute approximate surface area is 115 Å². The van der Waals surface area contributed by atoms with Gasteiger partial charge in [-0.05, 0) is 17.5 Å². The molecule has 104 valence electrons. The average molecular weight is 261 g/mol. The van der Waals surface area contributed by atoms with E-state index < -0.39 is 0 Å². The van der Waals surface area contributed by atoms with Crippen LogP contribution >= 0.6 is 0 Å². The third-order valence-corrected chi connectivity index (χ3v) is 4.64. The number of hydrogen-bond acceptors (Lipinski definition) is 4. The first-order valence-corrected chi connectivity index (χ1v) is 7.22. The molecule has 2 aliphatic heterocycles. The van der Waals surface area contributed by atoms with Crippen LogP contribution in [0.15, 0.2) is 24.5 Å². The Morgan fingerprint density at radius 2 is 2.21 bits per heavy atom. The zero-order valence-electron chi connectivity index (χ0n) is 11.6. The Bertz CT molecular complexity index is 399. The summed E-state index contributed by atoms with van der Waals surface area (Å²) in [7, 11) is 0. The third kappa shape index (κ3) is 2.53. The van der Waals surface area contributed by atoms with Gasteiger partial charge < -0.3 is 15.0 Å². The van der Waals surface area contributed by atoms with Crippen molar-refractivity contribution >= 4 is 0 Å². The van der Waals surface area contributed by atoms with Crippen molar-refractivity contribution in [3.63, 3.8) is 0 Å². The molecule has 3 heterocycles. The van der Waals surface area contributed by atoms with E-state index in [9.17, 15) is 0 Å². The van der Waals surface area contributed by atoms with E-state index in [0.29, 0.717) is 5.92 Å². The number of piperazine rings is 1. The van der Waals surface area contributed by atoms with E-state index in [2.05, 4.69) is 28.2 Å². The normalized spacial score (nSPS) is 24.7. The van der Waals surface area contributed by atoms with Crippen LogP contribution in [0.5, 0.6) is 0 Å². The highest BCUT2D eigenvalue weighted by Crippen LogP contribution is 2.39. The second-order valence-electron chi connectivity index (χ2n) is 5.84. The summed E-state index contributed by atoms with van der Waals surface area (Å²) < 4.78 is 5.54. The minimum absolute atomic E-state index is 0.180. The van der Waals surface area contributed by atoms with Crippen LogP contribution in [0.25, 0.3) is 0 Å². The summed E-state index contributed by atoms with van der Waals surface area (Å²) in [6.45, 7) is 9.74. The van der Waals surface area contributed by atoms with Crippen LogP contribution < -0.4 is 5.32 Å². The number of hydrogen-bond donors (Lipinski definition) is 1. The maximum absolute atomic E-state index is 5.54. The van der Waals surface area contributed by atoms with Gasteiger partial charge in [0.15, 0.2) is 0 Å². The van der Waals surface area contributed by atoms with E-state index in [1.165, 1.54) is 5.56 Å². The van der Waals surface area contributed by atoms with Gasteiger partial charge in [0.2, 0.25) is 0 Å². The van der Waals surface area contributed by atoms with Crippen molar-refractivity contribution in [2.75, 3.05) is 45.9 Å². The first-order valence-electron chi connectivity index (χ1n) is 7.22. The summed E-state index contributed by atoms with van der Waals surface area (Å²) >= 11 is 0. The molecule has 1 unspecified atom stereocenters. The number of aromatic nitrogens is 1. The van der Waals surface area contributed by atoms with Crippen molar-refractivity contribution in [1.82, 2.24) is 15.2 Å². The standard InChI is InChI=1S/C15H23N3O/c1-13(10-18-7-5-16-6-8-18)15(11-19-12-15)14-3-2-4-17-9-14/h2-4,9,13,16H,5-8,10-12H2,1H3. The average Bonchev–Trinajstić information content (AvgIpc) is 2.40. The van der Waals surface area contributed by atoms with Crippen molar-refractivity contribution in [2.24, 2.45) is 5.92 Å². The molecule has 1 atom stereocenters. The topological polar surface area (TPSA) is 37.4 Å². The maximum atomic E-state index is 5.54. The molecule has 0 aliphatic carbocycles. The second-order valence-corrected chi connectivity index (χ2v) is 5.84. The molecule has 3 rings (SSSR count). The van der Waals surface area contributed by atoms with Gasteiger partial charge in [-0.3, -0.25) is 4.98 Å². The fourth-order valence-electron chi connectivity index (χ4n) is 3.17. The number of pyridine rings is 1. The van der Waals surface area contributed by atoms with Crippen molar-refractivity contribution in [3.8, 4) is 0 Å². The fraction of sp³-hybridized carbons (Fsp3) is 0.667. The fourth-order valence-corrected chi connectivity index (χ4v) is 3.17. The molecule has 0 radical (unpaired) electrons. The minimum atomic E-state index is 0.180. The van der Waals surface area contributed by atoms with Gasteiger partial charge in [0.1, 0.15) is 0 Å². The zero-order valence-corrected chi connectivity index (χ0v) is 11.6. The first kappa shape index (κ1) is 13.0. The Kier molecular flexibility index (Phi) is 3.82. The van der Waals surface area contributed by atoms with Gasteiger partial charge in [-0.1, -0.05) is 13.0 Å². The first-order chi connectivity index (χ1) is 9.31. The monoisotopic (exact) mass is 261 g/mol. The van der Waals surface area contributed by atoms with E-state index in [1.807, 2.05) is 18.5 Å². The Balaban J connectivity index is 1.71. The van der Waals surface area contributed by atoms with Crippen LogP contribution in [0, 0.1) is 5.92 Å². The minimum Gasteiger partial charge on any atom is -0.379 e. The molecule has 2 fully saturated rings. The molecule has 0 spiro atoms. The van der Waals surface area contributed by atoms with E-state index in [1.54, 1.807) is 0 Å². The largest absolute Gasteiger partial charge is 0.379 e. The van der Waals surface area contributed by atoms with Crippen molar-refractivity contribution in [2.45, 2.75) is 12.3 Å². The van der Waals surface area contributed by atoms with Crippen molar-refractivity contribution in [1.29, 1.82) is 0 Å². The smallest absolute Gasteiger partial charge is 0.0589 e. The van der Waals surface area contributed by atoms with Crippen LogP contribution in [0.4, 0.5) is 0 Å². The lowest BCUT2D eigenvalue weighted by atomic mass is 9.69. The van der Waals surface area contributed by atoms with Gasteiger partial charge >= 0.3 is 0 Å². The van der Waals surface area contributed by atoms with Gasteiger partial charge in [0.25, 0.3) is 0 Å². The predicted octanol–water partition coefficient (Wildman–Crippen LogP) is 0.891. The van der Waals surface area contributed by atoms with Gasteiger partial charge in [-0.2, -0.15) is 0 Å². The van der Waals surface area contributed by atoms with Gasteiger partial charge in [-0.25, -0.2) is 0 Å². The summed E-state index contributed by atoms with van der Waals surface area (Å²) in [5.41, 5.74) is 1.52. The van der Waals surface area contributed by atoms with Crippen molar-refractivity contribution < 1.29 is 4.74 Å². The summed E-state index contributed by atoms with van der Waals surface area (Å²) in [6, 6.07) is 4.23. The highest BCUT2D eigenvalue weighted by Gasteiger charge is 2.45. The lowest BCUT2D eigenvalue weighted by molar-refractivity contribution is -0.0927. The summed E-state index contributed by atoms with van der Waals surface area (Å²) in [5.74, 6) is 0.601. The van der Waals surface area contributed by atoms with Crippen LogP contribution in [0.3, 0.4) is 0 Å². The second kappa shape index (κ2) is 5.57. The van der Waals surface area contributed by atoms with Gasteiger partial charge in [0, 0.05) is 50.5 Å². The van der Waals surface area contributed by atoms with Crippen molar-refractivity contribution in [3.05, 3.63) is 30.1 Å². The van der Waals surface area contributed by atoms with Crippen LogP contribution in [0.1, 0.15) is 12.5 Å². The Hall–Kier alpha value is -0.970. The lowest BCUT2D eigenvalue weighted by Crippen LogP contribution is -2.56. The molecular formula is C15H23N3O. The van der Waals surface area contributed by atoms with Crippen LogP contribution in [-0.4, -0.2) is 55.8 Å². The SMILES string of the molecule is CC(CN1CCNCC1)C1(c2cccnc2)COC1. The molecule has 1 N–H and O–H groups in total. The molecule has 0 amide bonds. The summed E-state index contributed by atoms with van der Waals surface area (Å²) in [6.07, 6.45) is 3.86. The molecule has 4 nitrogen and oxygen atoms in total. The van der Waals surface area contributed by atoms with E-state index >= 15 is 0 Å². The van der Waals surface area contributed by atoms with E-state index in [-0.39, 0.29) is 5.41 Å². The van der Waals surface area contributed by atoms with E-state index in [4.69, 9.17) is 4.74 Å². The molecule has 1 aromatic heterocycles. The number of nitrogens with zero attached hydrogens (tertiary/aromatic N) is 2. The summed E-state index contributed by atoms with van der Waals surface area (Å²) in [5, 5.41) is 3.41. The molecule has 0 saturated carbocycles. The van der Waals surface area contributed by atoms with Crippen LogP contribution in [-0.2, 0) is 10.2 Å². The third-order valence-electron chi connectivity index (χ3n) is 4.64. The van der Waals surface area contributed by atoms with Gasteiger partial charge in [-0.15, -0.1) is 0 Å². The number of ether oxygens (including phenoxy) is 1. The zero-order chi connectivity index (χ0) is 13.1. The molecular weight excluding hydrogens is 238 g/mol. The Morgan fingerprint density at radius 3 is 2.79 bits per heavy atom. The molecule has 4 heteroatoms. The highest BCUT2D eigenvalue weighted by molar-refractivity contribution is 5.26. The van der Waals surface area contributed by atoms with Gasteiger partial charge in [0.05, 0.1) is 13.2 Å². The molecule has 0 bridgehead atoms. The Morgan fingerprint density at radius 1 is 1.42 bits per heavy atom. The molecule has 19 heavy (non-hydrogen) atoms. The molecule has 1 aromatic rings. The van der Waals surface area contributed by atoms with Crippen LogP contribution in [0.2, 0.25) is 0 Å². The maximum Gasteiger partial charge on any atom is 0.0589 e. The quantitative estimate of drug-likeness (QED) is 0.873. The van der Waals surface area contributed by atoms with E-state index in [0.717, 1.165) is 45.9 Å².